The van der Waals surface area contributed by atoms with E-state index in [1.807, 2.05) is 43.6 Å². The zero-order chi connectivity index (χ0) is 14.2. The largest absolute Gasteiger partial charge is 0.497 e. The van der Waals surface area contributed by atoms with Crippen LogP contribution in [0.5, 0.6) is 5.75 Å². The van der Waals surface area contributed by atoms with Crippen LogP contribution >= 0.6 is 0 Å². The lowest BCUT2D eigenvalue weighted by Crippen LogP contribution is -2.05. The van der Waals surface area contributed by atoms with Crippen molar-refractivity contribution in [1.29, 1.82) is 0 Å². The third-order valence-electron chi connectivity index (χ3n) is 2.92. The van der Waals surface area contributed by atoms with Crippen LogP contribution in [0.15, 0.2) is 42.6 Å². The molecule has 0 aliphatic carbocycles. The minimum absolute atomic E-state index is 0.511. The Kier molecular flexibility index (Phi) is 5.53. The summed E-state index contributed by atoms with van der Waals surface area (Å²) in [4.78, 5) is 4.37. The summed E-state index contributed by atoms with van der Waals surface area (Å²) in [5.74, 6) is 0.848. The third kappa shape index (κ3) is 4.33. The number of benzene rings is 1. The van der Waals surface area contributed by atoms with E-state index in [1.165, 1.54) is 5.56 Å². The first kappa shape index (κ1) is 14.5. The van der Waals surface area contributed by atoms with Crippen LogP contribution in [-0.2, 0) is 24.5 Å². The molecule has 2 rings (SSSR count). The molecule has 0 saturated carbocycles. The number of hydrogen-bond acceptors (Lipinski definition) is 4. The molecular weight excluding hydrogens is 252 g/mol. The van der Waals surface area contributed by atoms with E-state index in [0.717, 1.165) is 23.6 Å². The normalized spacial score (nSPS) is 10.5. The fourth-order valence-corrected chi connectivity index (χ4v) is 1.88. The maximum absolute atomic E-state index is 5.67. The molecular formula is C16H20N2O2. The van der Waals surface area contributed by atoms with Gasteiger partial charge in [-0.05, 0) is 36.4 Å². The molecule has 1 aromatic carbocycles. The van der Waals surface area contributed by atoms with Crippen molar-refractivity contribution in [3.8, 4) is 5.75 Å². The van der Waals surface area contributed by atoms with Gasteiger partial charge in [-0.25, -0.2) is 0 Å². The van der Waals surface area contributed by atoms with Gasteiger partial charge in [0, 0.05) is 12.7 Å². The lowest BCUT2D eigenvalue weighted by atomic mass is 10.2. The van der Waals surface area contributed by atoms with Crippen molar-refractivity contribution in [3.05, 3.63) is 59.4 Å². The zero-order valence-corrected chi connectivity index (χ0v) is 11.9. The van der Waals surface area contributed by atoms with Crippen molar-refractivity contribution >= 4 is 0 Å². The van der Waals surface area contributed by atoms with E-state index in [4.69, 9.17) is 9.47 Å². The number of rotatable bonds is 7. The highest BCUT2D eigenvalue weighted by atomic mass is 16.5. The minimum atomic E-state index is 0.511. The summed E-state index contributed by atoms with van der Waals surface area (Å²) < 4.78 is 10.9. The molecule has 0 atom stereocenters. The summed E-state index contributed by atoms with van der Waals surface area (Å²) in [5, 5.41) is 3.10. The Morgan fingerprint density at radius 2 is 2.00 bits per heavy atom. The summed E-state index contributed by atoms with van der Waals surface area (Å²) in [6, 6.07) is 11.9. The van der Waals surface area contributed by atoms with Gasteiger partial charge in [0.1, 0.15) is 5.75 Å². The summed E-state index contributed by atoms with van der Waals surface area (Å²) in [5.41, 5.74) is 3.20. The first-order valence-corrected chi connectivity index (χ1v) is 6.61. The fraction of sp³-hybridized carbons (Fsp3) is 0.312. The lowest BCUT2D eigenvalue weighted by molar-refractivity contribution is 0.104. The standard InChI is InChI=1S/C16H20N2O2/c1-17-9-14-6-7-15(18-10-14)12-20-11-13-4-3-5-16(8-13)19-2/h3-8,10,17H,9,11-12H2,1-2H3. The fourth-order valence-electron chi connectivity index (χ4n) is 1.88. The minimum Gasteiger partial charge on any atom is -0.497 e. The van der Waals surface area contributed by atoms with Crippen molar-refractivity contribution in [1.82, 2.24) is 10.3 Å². The Bertz CT molecular complexity index is 526. The van der Waals surface area contributed by atoms with Crippen LogP contribution < -0.4 is 10.1 Å². The van der Waals surface area contributed by atoms with Crippen LogP contribution in [0.4, 0.5) is 0 Å². The van der Waals surface area contributed by atoms with Gasteiger partial charge in [-0.15, -0.1) is 0 Å². The average Bonchev–Trinajstić information content (AvgIpc) is 2.50. The SMILES string of the molecule is CNCc1ccc(COCc2cccc(OC)c2)nc1. The molecule has 2 aromatic rings. The molecule has 1 N–H and O–H groups in total. The predicted molar refractivity (Wildman–Crippen MR) is 78.5 cm³/mol. The van der Waals surface area contributed by atoms with Crippen molar-refractivity contribution < 1.29 is 9.47 Å². The molecule has 1 heterocycles. The van der Waals surface area contributed by atoms with Crippen LogP contribution in [-0.4, -0.2) is 19.1 Å². The molecule has 0 saturated heterocycles. The van der Waals surface area contributed by atoms with E-state index in [9.17, 15) is 0 Å². The van der Waals surface area contributed by atoms with Crippen molar-refractivity contribution in [3.63, 3.8) is 0 Å². The van der Waals surface area contributed by atoms with Crippen LogP contribution in [0, 0.1) is 0 Å². The van der Waals surface area contributed by atoms with E-state index in [2.05, 4.69) is 16.4 Å². The first-order valence-electron chi connectivity index (χ1n) is 6.61. The first-order chi connectivity index (χ1) is 9.81. The molecule has 0 spiro atoms. The second-order valence-electron chi connectivity index (χ2n) is 4.53. The highest BCUT2D eigenvalue weighted by Crippen LogP contribution is 2.13. The Labute approximate surface area is 119 Å². The van der Waals surface area contributed by atoms with E-state index >= 15 is 0 Å². The number of nitrogens with zero attached hydrogens (tertiary/aromatic N) is 1. The van der Waals surface area contributed by atoms with E-state index in [0.29, 0.717) is 13.2 Å². The van der Waals surface area contributed by atoms with Crippen molar-refractivity contribution in [2.45, 2.75) is 19.8 Å². The molecule has 0 aliphatic rings. The van der Waals surface area contributed by atoms with E-state index in [1.54, 1.807) is 7.11 Å². The lowest BCUT2D eigenvalue weighted by Gasteiger charge is -2.06. The molecule has 0 fully saturated rings. The Morgan fingerprint density at radius 3 is 2.70 bits per heavy atom. The predicted octanol–water partition coefficient (Wildman–Crippen LogP) is 2.53. The number of methoxy groups -OCH3 is 1. The molecule has 0 unspecified atom stereocenters. The molecule has 0 radical (unpaired) electrons. The van der Waals surface area contributed by atoms with Gasteiger partial charge >= 0.3 is 0 Å². The Morgan fingerprint density at radius 1 is 1.10 bits per heavy atom. The topological polar surface area (TPSA) is 43.4 Å². The molecule has 1 aromatic heterocycles. The van der Waals surface area contributed by atoms with Crippen LogP contribution in [0.1, 0.15) is 16.8 Å². The molecule has 4 nitrogen and oxygen atoms in total. The average molecular weight is 272 g/mol. The van der Waals surface area contributed by atoms with E-state index in [-0.39, 0.29) is 0 Å². The highest BCUT2D eigenvalue weighted by molar-refractivity contribution is 5.27. The van der Waals surface area contributed by atoms with Crippen LogP contribution in [0.3, 0.4) is 0 Å². The number of ether oxygens (including phenoxy) is 2. The summed E-state index contributed by atoms with van der Waals surface area (Å²) >= 11 is 0. The highest BCUT2D eigenvalue weighted by Gasteiger charge is 1.99. The molecule has 106 valence electrons. The number of nitrogens with one attached hydrogen (secondary N) is 1. The number of hydrogen-bond donors (Lipinski definition) is 1. The monoisotopic (exact) mass is 272 g/mol. The summed E-state index contributed by atoms with van der Waals surface area (Å²) in [7, 11) is 3.59. The molecule has 20 heavy (non-hydrogen) atoms. The molecule has 0 amide bonds. The van der Waals surface area contributed by atoms with Gasteiger partial charge in [-0.1, -0.05) is 18.2 Å². The van der Waals surface area contributed by atoms with Crippen molar-refractivity contribution in [2.75, 3.05) is 14.2 Å². The van der Waals surface area contributed by atoms with Gasteiger partial charge in [0.2, 0.25) is 0 Å². The smallest absolute Gasteiger partial charge is 0.119 e. The Hall–Kier alpha value is -1.91. The van der Waals surface area contributed by atoms with Gasteiger partial charge in [0.25, 0.3) is 0 Å². The van der Waals surface area contributed by atoms with Gasteiger partial charge < -0.3 is 14.8 Å². The summed E-state index contributed by atoms with van der Waals surface area (Å²) in [6.07, 6.45) is 1.88. The molecule has 4 heteroatoms. The maximum Gasteiger partial charge on any atom is 0.119 e. The van der Waals surface area contributed by atoms with Crippen LogP contribution in [0.2, 0.25) is 0 Å². The zero-order valence-electron chi connectivity index (χ0n) is 11.9. The molecule has 0 aliphatic heterocycles. The Balaban J connectivity index is 1.82. The van der Waals surface area contributed by atoms with Gasteiger partial charge in [-0.2, -0.15) is 0 Å². The molecule has 0 bridgehead atoms. The van der Waals surface area contributed by atoms with Gasteiger partial charge in [0.15, 0.2) is 0 Å². The van der Waals surface area contributed by atoms with Crippen molar-refractivity contribution in [2.24, 2.45) is 0 Å². The van der Waals surface area contributed by atoms with Gasteiger partial charge in [-0.3, -0.25) is 4.98 Å². The maximum atomic E-state index is 5.67. The summed E-state index contributed by atoms with van der Waals surface area (Å²) in [6.45, 7) is 1.89. The second-order valence-corrected chi connectivity index (χ2v) is 4.53. The van der Waals surface area contributed by atoms with Crippen LogP contribution in [0.25, 0.3) is 0 Å². The quantitative estimate of drug-likeness (QED) is 0.841. The number of aromatic nitrogens is 1. The van der Waals surface area contributed by atoms with E-state index < -0.39 is 0 Å². The second kappa shape index (κ2) is 7.62. The van der Waals surface area contributed by atoms with Gasteiger partial charge in [0.05, 0.1) is 26.0 Å². The number of pyridine rings is 1. The third-order valence-corrected chi connectivity index (χ3v) is 2.92.